The van der Waals surface area contributed by atoms with E-state index < -0.39 is 0 Å². The maximum absolute atomic E-state index is 4.63. The molecule has 0 aromatic heterocycles. The van der Waals surface area contributed by atoms with Gasteiger partial charge in [0.1, 0.15) is 0 Å². The van der Waals surface area contributed by atoms with Gasteiger partial charge in [-0.15, -0.1) is 0 Å². The normalized spacial score (nSPS) is 20.4. The standard InChI is InChI=1S/C29H44N2/c1-13-29(9,10)23(5)17-15-21(3)25-19-18-24(26(30-11)27(25)31-12)20(2)14-16-22(4)28(6,7)8/h14-19H,13H2,1-12H3/b20-14+,21-15+,22-16+,23-17+,30-26-,31-27-. The van der Waals surface area contributed by atoms with Gasteiger partial charge in [-0.3, -0.25) is 9.98 Å². The van der Waals surface area contributed by atoms with Crippen LogP contribution in [0.4, 0.5) is 0 Å². The monoisotopic (exact) mass is 420 g/mol. The summed E-state index contributed by atoms with van der Waals surface area (Å²) in [4.78, 5) is 9.27. The van der Waals surface area contributed by atoms with E-state index in [1.165, 1.54) is 22.3 Å². The summed E-state index contributed by atoms with van der Waals surface area (Å²) in [6.07, 6.45) is 14.4. The Labute approximate surface area is 192 Å². The number of allylic oxidation sites excluding steroid dienone is 12. The molecule has 0 aromatic carbocycles. The van der Waals surface area contributed by atoms with E-state index in [1.807, 2.05) is 14.1 Å². The molecular weight excluding hydrogens is 376 g/mol. The van der Waals surface area contributed by atoms with Crippen LogP contribution in [0.2, 0.25) is 0 Å². The molecule has 0 amide bonds. The van der Waals surface area contributed by atoms with Crippen molar-refractivity contribution in [1.29, 1.82) is 0 Å². The van der Waals surface area contributed by atoms with Crippen LogP contribution in [-0.2, 0) is 0 Å². The van der Waals surface area contributed by atoms with E-state index in [-0.39, 0.29) is 10.8 Å². The molecule has 0 spiro atoms. The predicted molar refractivity (Wildman–Crippen MR) is 141 cm³/mol. The third-order valence-electron chi connectivity index (χ3n) is 6.75. The van der Waals surface area contributed by atoms with E-state index in [1.54, 1.807) is 0 Å². The molecule has 0 saturated carbocycles. The minimum absolute atomic E-state index is 0.169. The highest BCUT2D eigenvalue weighted by Gasteiger charge is 2.23. The van der Waals surface area contributed by atoms with E-state index in [9.17, 15) is 0 Å². The lowest BCUT2D eigenvalue weighted by Gasteiger charge is -2.24. The smallest absolute Gasteiger partial charge is 0.0903 e. The van der Waals surface area contributed by atoms with Gasteiger partial charge in [-0.1, -0.05) is 89.1 Å². The Balaban J connectivity index is 3.43. The average molecular weight is 421 g/mol. The largest absolute Gasteiger partial charge is 0.286 e. The van der Waals surface area contributed by atoms with Crippen LogP contribution in [0.1, 0.15) is 75.7 Å². The summed E-state index contributed by atoms with van der Waals surface area (Å²) in [6.45, 7) is 22.3. The number of aliphatic imine (C=N–C) groups is 2. The molecule has 170 valence electrons. The van der Waals surface area contributed by atoms with Crippen molar-refractivity contribution >= 4 is 11.4 Å². The molecule has 1 aliphatic carbocycles. The minimum Gasteiger partial charge on any atom is -0.286 e. The van der Waals surface area contributed by atoms with Crippen molar-refractivity contribution in [3.63, 3.8) is 0 Å². The van der Waals surface area contributed by atoms with Gasteiger partial charge in [0.25, 0.3) is 0 Å². The van der Waals surface area contributed by atoms with Crippen LogP contribution < -0.4 is 0 Å². The molecule has 1 aliphatic rings. The molecule has 0 bridgehead atoms. The van der Waals surface area contributed by atoms with E-state index in [0.29, 0.717) is 0 Å². The minimum atomic E-state index is 0.169. The van der Waals surface area contributed by atoms with Crippen LogP contribution >= 0.6 is 0 Å². The fourth-order valence-electron chi connectivity index (χ4n) is 3.10. The molecule has 2 heteroatoms. The van der Waals surface area contributed by atoms with Crippen LogP contribution in [0.25, 0.3) is 0 Å². The maximum atomic E-state index is 4.63. The second kappa shape index (κ2) is 10.9. The third-order valence-corrected chi connectivity index (χ3v) is 6.75. The summed E-state index contributed by atoms with van der Waals surface area (Å²) in [5, 5.41) is 0. The molecule has 0 aliphatic heterocycles. The first-order valence-corrected chi connectivity index (χ1v) is 11.4. The zero-order chi connectivity index (χ0) is 24.0. The van der Waals surface area contributed by atoms with Gasteiger partial charge < -0.3 is 0 Å². The van der Waals surface area contributed by atoms with Crippen LogP contribution in [-0.4, -0.2) is 25.5 Å². The molecule has 0 fully saturated rings. The second-order valence-corrected chi connectivity index (χ2v) is 10.2. The Morgan fingerprint density at radius 1 is 0.710 bits per heavy atom. The van der Waals surface area contributed by atoms with Gasteiger partial charge in [0.05, 0.1) is 11.4 Å². The topological polar surface area (TPSA) is 24.7 Å². The average Bonchev–Trinajstić information content (AvgIpc) is 2.72. The number of hydrogen-bond acceptors (Lipinski definition) is 2. The molecule has 1 rings (SSSR count). The van der Waals surface area contributed by atoms with Crippen LogP contribution in [0.15, 0.2) is 79.9 Å². The molecule has 2 nitrogen and oxygen atoms in total. The summed E-state index contributed by atoms with van der Waals surface area (Å²) in [7, 11) is 3.71. The molecule has 31 heavy (non-hydrogen) atoms. The van der Waals surface area contributed by atoms with E-state index >= 15 is 0 Å². The highest BCUT2D eigenvalue weighted by Crippen LogP contribution is 2.31. The van der Waals surface area contributed by atoms with Crippen molar-refractivity contribution in [2.45, 2.75) is 75.7 Å². The number of nitrogens with zero attached hydrogens (tertiary/aromatic N) is 2. The fourth-order valence-corrected chi connectivity index (χ4v) is 3.10. The van der Waals surface area contributed by atoms with Gasteiger partial charge in [0.2, 0.25) is 0 Å². The lowest BCUT2D eigenvalue weighted by Crippen LogP contribution is -2.23. The first kappa shape index (κ1) is 26.8. The van der Waals surface area contributed by atoms with E-state index in [4.69, 9.17) is 0 Å². The molecule has 0 radical (unpaired) electrons. The Bertz CT molecular complexity index is 914. The molecule has 0 aromatic rings. The van der Waals surface area contributed by atoms with Gasteiger partial charge in [0, 0.05) is 25.2 Å². The number of rotatable bonds is 6. The molecular formula is C29H44N2. The van der Waals surface area contributed by atoms with Gasteiger partial charge >= 0.3 is 0 Å². The van der Waals surface area contributed by atoms with Crippen molar-refractivity contribution < 1.29 is 0 Å². The van der Waals surface area contributed by atoms with Crippen LogP contribution in [0.3, 0.4) is 0 Å². The van der Waals surface area contributed by atoms with Gasteiger partial charge in [-0.25, -0.2) is 0 Å². The summed E-state index contributed by atoms with van der Waals surface area (Å²) in [6, 6.07) is 0. The lowest BCUT2D eigenvalue weighted by atomic mass is 9.82. The molecule has 0 saturated heterocycles. The molecule has 0 heterocycles. The zero-order valence-electron chi connectivity index (χ0n) is 22.1. The summed E-state index contributed by atoms with van der Waals surface area (Å²) >= 11 is 0. The third kappa shape index (κ3) is 6.89. The lowest BCUT2D eigenvalue weighted by molar-refractivity contribution is 0.429. The van der Waals surface area contributed by atoms with Gasteiger partial charge in [0.15, 0.2) is 0 Å². The van der Waals surface area contributed by atoms with Crippen LogP contribution in [0.5, 0.6) is 0 Å². The Morgan fingerprint density at radius 2 is 1.10 bits per heavy atom. The quantitative estimate of drug-likeness (QED) is 0.305. The van der Waals surface area contributed by atoms with Crippen LogP contribution in [0, 0.1) is 10.8 Å². The maximum Gasteiger partial charge on any atom is 0.0903 e. The van der Waals surface area contributed by atoms with E-state index in [2.05, 4.69) is 116 Å². The Morgan fingerprint density at radius 3 is 1.42 bits per heavy atom. The fraction of sp³-hybridized carbons (Fsp3) is 0.517. The van der Waals surface area contributed by atoms with Gasteiger partial charge in [-0.2, -0.15) is 0 Å². The van der Waals surface area contributed by atoms with Crippen molar-refractivity contribution in [2.75, 3.05) is 14.1 Å². The zero-order valence-corrected chi connectivity index (χ0v) is 22.1. The molecule has 0 N–H and O–H groups in total. The highest BCUT2D eigenvalue weighted by atomic mass is 14.8. The first-order valence-electron chi connectivity index (χ1n) is 11.4. The van der Waals surface area contributed by atoms with Crippen molar-refractivity contribution in [3.05, 3.63) is 69.9 Å². The Hall–Kier alpha value is -2.22. The SMILES string of the molecule is CCC(C)(C)/C(C)=C/C=C(\C)C1=CC=C(/C(C)=C/C=C(\C)C(C)(C)C)C(=N/C)/C1=N\C. The second-order valence-electron chi connectivity index (χ2n) is 10.2. The summed E-state index contributed by atoms with van der Waals surface area (Å²) < 4.78 is 0. The first-order chi connectivity index (χ1) is 14.3. The van der Waals surface area contributed by atoms with E-state index in [0.717, 1.165) is 29.0 Å². The van der Waals surface area contributed by atoms with Gasteiger partial charge in [-0.05, 0) is 56.1 Å². The Kier molecular flexibility index (Phi) is 9.42. The van der Waals surface area contributed by atoms with Crippen molar-refractivity contribution in [1.82, 2.24) is 0 Å². The predicted octanol–water partition coefficient (Wildman–Crippen LogP) is 8.26. The molecule has 0 atom stereocenters. The molecule has 0 unspecified atom stereocenters. The summed E-state index contributed by atoms with van der Waals surface area (Å²) in [5.41, 5.74) is 9.71. The summed E-state index contributed by atoms with van der Waals surface area (Å²) in [5.74, 6) is 0. The number of hydrogen-bond donors (Lipinski definition) is 0. The highest BCUT2D eigenvalue weighted by molar-refractivity contribution is 6.56. The van der Waals surface area contributed by atoms with Crippen molar-refractivity contribution in [3.8, 4) is 0 Å². The van der Waals surface area contributed by atoms with Crippen molar-refractivity contribution in [2.24, 2.45) is 20.8 Å².